The highest BCUT2D eigenvalue weighted by atomic mass is 16.5. The van der Waals surface area contributed by atoms with E-state index in [0.29, 0.717) is 22.8 Å². The number of nitrogens with zero attached hydrogens (tertiary/aromatic N) is 1. The number of carbonyl (C=O) groups is 2. The molecule has 108 valence electrons. The van der Waals surface area contributed by atoms with Gasteiger partial charge in [0.2, 0.25) is 5.91 Å². The highest BCUT2D eigenvalue weighted by Crippen LogP contribution is 2.25. The van der Waals surface area contributed by atoms with Crippen molar-refractivity contribution in [3.8, 4) is 5.75 Å². The van der Waals surface area contributed by atoms with Crippen molar-refractivity contribution in [1.82, 2.24) is 4.98 Å². The van der Waals surface area contributed by atoms with E-state index in [2.05, 4.69) is 15.6 Å². The Morgan fingerprint density at radius 1 is 1.14 bits per heavy atom. The Kier molecular flexibility index (Phi) is 4.50. The van der Waals surface area contributed by atoms with Crippen LogP contribution in [-0.2, 0) is 4.79 Å². The van der Waals surface area contributed by atoms with Crippen molar-refractivity contribution in [3.05, 3.63) is 48.2 Å². The third kappa shape index (κ3) is 3.79. The fourth-order valence-electron chi connectivity index (χ4n) is 1.76. The first kappa shape index (κ1) is 14.5. The van der Waals surface area contributed by atoms with E-state index in [0.717, 1.165) is 0 Å². The van der Waals surface area contributed by atoms with Crippen molar-refractivity contribution in [2.45, 2.75) is 6.92 Å². The second kappa shape index (κ2) is 6.51. The summed E-state index contributed by atoms with van der Waals surface area (Å²) in [6.45, 7) is 1.39. The summed E-state index contributed by atoms with van der Waals surface area (Å²) in [4.78, 5) is 27.3. The summed E-state index contributed by atoms with van der Waals surface area (Å²) in [6.07, 6.45) is 1.59. The van der Waals surface area contributed by atoms with Crippen LogP contribution in [0.15, 0.2) is 42.6 Å². The van der Waals surface area contributed by atoms with Crippen LogP contribution in [0.1, 0.15) is 17.3 Å². The molecule has 0 saturated heterocycles. The lowest BCUT2D eigenvalue weighted by Gasteiger charge is -2.11. The molecule has 0 aliphatic carbocycles. The predicted octanol–water partition coefficient (Wildman–Crippen LogP) is 2.30. The van der Waals surface area contributed by atoms with Gasteiger partial charge >= 0.3 is 0 Å². The van der Waals surface area contributed by atoms with Crippen molar-refractivity contribution >= 4 is 23.3 Å². The lowest BCUT2D eigenvalue weighted by molar-refractivity contribution is -0.114. The second-order valence-electron chi connectivity index (χ2n) is 4.27. The van der Waals surface area contributed by atoms with E-state index in [1.54, 1.807) is 42.6 Å². The normalized spacial score (nSPS) is 9.81. The molecule has 0 atom stereocenters. The molecule has 1 aromatic heterocycles. The molecule has 0 bridgehead atoms. The molecule has 2 amide bonds. The predicted molar refractivity (Wildman–Crippen MR) is 79.5 cm³/mol. The van der Waals surface area contributed by atoms with Gasteiger partial charge in [0, 0.05) is 18.7 Å². The number of hydrogen-bond donors (Lipinski definition) is 2. The zero-order chi connectivity index (χ0) is 15.2. The monoisotopic (exact) mass is 285 g/mol. The molecule has 0 aliphatic rings. The molecule has 0 saturated carbocycles. The smallest absolute Gasteiger partial charge is 0.256 e. The molecule has 2 aromatic rings. The average molecular weight is 285 g/mol. The molecule has 0 radical (unpaired) electrons. The highest BCUT2D eigenvalue weighted by Gasteiger charge is 2.11. The number of hydrogen-bond acceptors (Lipinski definition) is 4. The van der Waals surface area contributed by atoms with Gasteiger partial charge in [-0.15, -0.1) is 0 Å². The number of benzene rings is 1. The summed E-state index contributed by atoms with van der Waals surface area (Å²) in [5.74, 6) is 0.387. The summed E-state index contributed by atoms with van der Waals surface area (Å²) >= 11 is 0. The molecule has 0 aliphatic heterocycles. The summed E-state index contributed by atoms with van der Waals surface area (Å²) < 4.78 is 5.14. The van der Waals surface area contributed by atoms with Crippen LogP contribution >= 0.6 is 0 Å². The van der Waals surface area contributed by atoms with E-state index in [1.807, 2.05) is 0 Å². The Hall–Kier alpha value is -2.89. The van der Waals surface area contributed by atoms with Gasteiger partial charge in [0.25, 0.3) is 5.91 Å². The van der Waals surface area contributed by atoms with E-state index < -0.39 is 0 Å². The lowest BCUT2D eigenvalue weighted by Crippen LogP contribution is -2.14. The number of carbonyl (C=O) groups excluding carboxylic acids is 2. The molecule has 1 aromatic carbocycles. The maximum Gasteiger partial charge on any atom is 0.256 e. The molecule has 2 rings (SSSR count). The Morgan fingerprint density at radius 2 is 1.95 bits per heavy atom. The van der Waals surface area contributed by atoms with Gasteiger partial charge in [0.15, 0.2) is 0 Å². The van der Waals surface area contributed by atoms with Crippen LogP contribution in [0, 0.1) is 0 Å². The SMILES string of the molecule is COc1ccc(C(=O)Nc2ccccn2)cc1NC(C)=O. The Morgan fingerprint density at radius 3 is 2.57 bits per heavy atom. The van der Waals surface area contributed by atoms with E-state index in [9.17, 15) is 9.59 Å². The summed E-state index contributed by atoms with van der Waals surface area (Å²) in [5.41, 5.74) is 0.837. The molecular weight excluding hydrogens is 270 g/mol. The maximum atomic E-state index is 12.1. The average Bonchev–Trinajstić information content (AvgIpc) is 2.47. The third-order valence-corrected chi connectivity index (χ3v) is 2.68. The van der Waals surface area contributed by atoms with Gasteiger partial charge in [-0.25, -0.2) is 4.98 Å². The number of pyridine rings is 1. The van der Waals surface area contributed by atoms with Crippen LogP contribution in [0.3, 0.4) is 0 Å². The van der Waals surface area contributed by atoms with Gasteiger partial charge in [0.05, 0.1) is 12.8 Å². The number of methoxy groups -OCH3 is 1. The summed E-state index contributed by atoms with van der Waals surface area (Å²) in [7, 11) is 1.49. The summed E-state index contributed by atoms with van der Waals surface area (Å²) in [5, 5.41) is 5.30. The van der Waals surface area contributed by atoms with Gasteiger partial charge in [0.1, 0.15) is 11.6 Å². The number of aromatic nitrogens is 1. The van der Waals surface area contributed by atoms with E-state index in [-0.39, 0.29) is 11.8 Å². The van der Waals surface area contributed by atoms with Crippen molar-refractivity contribution in [2.75, 3.05) is 17.7 Å². The fraction of sp³-hybridized carbons (Fsp3) is 0.133. The molecule has 0 fully saturated rings. The molecular formula is C15H15N3O3. The fourth-order valence-corrected chi connectivity index (χ4v) is 1.76. The topological polar surface area (TPSA) is 80.3 Å². The second-order valence-corrected chi connectivity index (χ2v) is 4.27. The Balaban J connectivity index is 2.23. The van der Waals surface area contributed by atoms with Crippen LogP contribution in [0.25, 0.3) is 0 Å². The molecule has 1 heterocycles. The number of amides is 2. The minimum absolute atomic E-state index is 0.240. The van der Waals surface area contributed by atoms with Crippen LogP contribution < -0.4 is 15.4 Å². The van der Waals surface area contributed by atoms with Crippen LogP contribution in [0.4, 0.5) is 11.5 Å². The van der Waals surface area contributed by atoms with E-state index in [1.165, 1.54) is 14.0 Å². The number of nitrogens with one attached hydrogen (secondary N) is 2. The van der Waals surface area contributed by atoms with Crippen molar-refractivity contribution in [3.63, 3.8) is 0 Å². The zero-order valence-corrected chi connectivity index (χ0v) is 11.7. The Bertz CT molecular complexity index is 656. The largest absolute Gasteiger partial charge is 0.495 e. The number of anilines is 2. The van der Waals surface area contributed by atoms with Gasteiger partial charge in [-0.2, -0.15) is 0 Å². The molecule has 2 N–H and O–H groups in total. The first-order valence-electron chi connectivity index (χ1n) is 6.28. The van der Waals surface area contributed by atoms with Crippen LogP contribution in [-0.4, -0.2) is 23.9 Å². The van der Waals surface area contributed by atoms with E-state index >= 15 is 0 Å². The first-order valence-corrected chi connectivity index (χ1v) is 6.28. The minimum Gasteiger partial charge on any atom is -0.495 e. The number of rotatable bonds is 4. The van der Waals surface area contributed by atoms with E-state index in [4.69, 9.17) is 4.74 Å². The minimum atomic E-state index is -0.317. The molecule has 0 unspecified atom stereocenters. The van der Waals surface area contributed by atoms with Gasteiger partial charge in [-0.1, -0.05) is 6.07 Å². The Labute approximate surface area is 122 Å². The molecule has 6 heteroatoms. The molecule has 21 heavy (non-hydrogen) atoms. The molecule has 0 spiro atoms. The lowest BCUT2D eigenvalue weighted by atomic mass is 10.1. The third-order valence-electron chi connectivity index (χ3n) is 2.68. The van der Waals surface area contributed by atoms with Crippen molar-refractivity contribution in [2.24, 2.45) is 0 Å². The van der Waals surface area contributed by atoms with Gasteiger partial charge < -0.3 is 15.4 Å². The van der Waals surface area contributed by atoms with Crippen molar-refractivity contribution < 1.29 is 14.3 Å². The quantitative estimate of drug-likeness (QED) is 0.903. The highest BCUT2D eigenvalue weighted by molar-refractivity contribution is 6.05. The first-order chi connectivity index (χ1) is 10.1. The van der Waals surface area contributed by atoms with Crippen LogP contribution in [0.2, 0.25) is 0 Å². The molecule has 6 nitrogen and oxygen atoms in total. The van der Waals surface area contributed by atoms with Gasteiger partial charge in [-0.3, -0.25) is 9.59 Å². The number of ether oxygens (including phenoxy) is 1. The zero-order valence-electron chi connectivity index (χ0n) is 11.7. The van der Waals surface area contributed by atoms with Gasteiger partial charge in [-0.05, 0) is 30.3 Å². The maximum absolute atomic E-state index is 12.1. The van der Waals surface area contributed by atoms with Crippen molar-refractivity contribution in [1.29, 1.82) is 0 Å². The van der Waals surface area contributed by atoms with Crippen LogP contribution in [0.5, 0.6) is 5.75 Å². The summed E-state index contributed by atoms with van der Waals surface area (Å²) in [6, 6.07) is 10.0. The standard InChI is InChI=1S/C15H15N3O3/c1-10(19)17-12-9-11(6-7-13(12)21-2)15(20)18-14-5-3-4-8-16-14/h3-9H,1-2H3,(H,17,19)(H,16,18,20).